The highest BCUT2D eigenvalue weighted by molar-refractivity contribution is 5.37. The molecule has 2 aromatic carbocycles. The quantitative estimate of drug-likeness (QED) is 0.841. The van der Waals surface area contributed by atoms with Crippen LogP contribution in [0.25, 0.3) is 0 Å². The van der Waals surface area contributed by atoms with Crippen molar-refractivity contribution in [3.63, 3.8) is 0 Å². The van der Waals surface area contributed by atoms with Crippen LogP contribution >= 0.6 is 0 Å². The van der Waals surface area contributed by atoms with Crippen molar-refractivity contribution in [3.8, 4) is 0 Å². The second kappa shape index (κ2) is 5.65. The minimum atomic E-state index is 0.433. The van der Waals surface area contributed by atoms with E-state index in [9.17, 15) is 0 Å². The number of benzene rings is 2. The maximum Gasteiger partial charge on any atom is 0.0217 e. The molecule has 0 amide bonds. The van der Waals surface area contributed by atoms with Gasteiger partial charge in [0.25, 0.3) is 0 Å². The molecule has 1 unspecified atom stereocenters. The minimum Gasteiger partial charge on any atom is -0.319 e. The molecule has 1 atom stereocenters. The van der Waals surface area contributed by atoms with Crippen LogP contribution in [0, 0.1) is 6.92 Å². The van der Waals surface area contributed by atoms with Gasteiger partial charge in [-0.15, -0.1) is 0 Å². The highest BCUT2D eigenvalue weighted by Gasteiger charge is 2.14. The minimum absolute atomic E-state index is 0.433. The van der Waals surface area contributed by atoms with Gasteiger partial charge in [-0.25, -0.2) is 0 Å². The second-order valence-corrected chi connectivity index (χ2v) is 4.38. The molecule has 0 spiro atoms. The predicted molar refractivity (Wildman–Crippen MR) is 73.4 cm³/mol. The van der Waals surface area contributed by atoms with Crippen molar-refractivity contribution >= 4 is 0 Å². The van der Waals surface area contributed by atoms with E-state index in [0.29, 0.717) is 5.92 Å². The van der Waals surface area contributed by atoms with E-state index in [-0.39, 0.29) is 0 Å². The third kappa shape index (κ3) is 2.75. The molecule has 0 saturated heterocycles. The van der Waals surface area contributed by atoms with E-state index in [2.05, 4.69) is 66.8 Å². The monoisotopic (exact) mass is 225 g/mol. The van der Waals surface area contributed by atoms with Gasteiger partial charge in [-0.05, 0) is 30.7 Å². The van der Waals surface area contributed by atoms with E-state index in [1.54, 1.807) is 0 Å². The van der Waals surface area contributed by atoms with Crippen molar-refractivity contribution in [1.29, 1.82) is 0 Å². The molecule has 2 aromatic rings. The van der Waals surface area contributed by atoms with Gasteiger partial charge >= 0.3 is 0 Å². The Morgan fingerprint density at radius 2 is 1.59 bits per heavy atom. The third-order valence-corrected chi connectivity index (χ3v) is 3.17. The molecule has 0 fully saturated rings. The van der Waals surface area contributed by atoms with E-state index < -0.39 is 0 Å². The first kappa shape index (κ1) is 11.9. The molecule has 1 N–H and O–H groups in total. The zero-order valence-corrected chi connectivity index (χ0v) is 10.5. The van der Waals surface area contributed by atoms with Crippen molar-refractivity contribution in [3.05, 3.63) is 71.3 Å². The van der Waals surface area contributed by atoms with Gasteiger partial charge in [0.2, 0.25) is 0 Å². The normalized spacial score (nSPS) is 12.4. The zero-order valence-electron chi connectivity index (χ0n) is 10.5. The third-order valence-electron chi connectivity index (χ3n) is 3.17. The van der Waals surface area contributed by atoms with Gasteiger partial charge in [0.15, 0.2) is 0 Å². The molecule has 0 heterocycles. The first-order chi connectivity index (χ1) is 8.33. The zero-order chi connectivity index (χ0) is 12.1. The molecule has 0 aromatic heterocycles. The number of nitrogens with one attached hydrogen (secondary N) is 1. The Bertz CT molecular complexity index is 462. The second-order valence-electron chi connectivity index (χ2n) is 4.38. The van der Waals surface area contributed by atoms with Crippen LogP contribution in [0.15, 0.2) is 54.6 Å². The van der Waals surface area contributed by atoms with Gasteiger partial charge in [0.05, 0.1) is 0 Å². The average Bonchev–Trinajstić information content (AvgIpc) is 2.38. The van der Waals surface area contributed by atoms with Gasteiger partial charge in [0.1, 0.15) is 0 Å². The summed E-state index contributed by atoms with van der Waals surface area (Å²) in [5.74, 6) is 0.433. The summed E-state index contributed by atoms with van der Waals surface area (Å²) < 4.78 is 0. The van der Waals surface area contributed by atoms with Crippen molar-refractivity contribution in [2.45, 2.75) is 12.8 Å². The molecule has 2 rings (SSSR count). The van der Waals surface area contributed by atoms with Crippen LogP contribution in [0.2, 0.25) is 0 Å². The van der Waals surface area contributed by atoms with Gasteiger partial charge < -0.3 is 5.32 Å². The molecule has 1 nitrogen and oxygen atoms in total. The van der Waals surface area contributed by atoms with Crippen molar-refractivity contribution in [2.24, 2.45) is 0 Å². The number of rotatable bonds is 4. The molecule has 0 saturated carbocycles. The summed E-state index contributed by atoms with van der Waals surface area (Å²) in [6.07, 6.45) is 0. The summed E-state index contributed by atoms with van der Waals surface area (Å²) in [6, 6.07) is 19.3. The lowest BCUT2D eigenvalue weighted by molar-refractivity contribution is 0.705. The first-order valence-corrected chi connectivity index (χ1v) is 6.08. The van der Waals surface area contributed by atoms with Gasteiger partial charge in [-0.1, -0.05) is 54.6 Å². The Hall–Kier alpha value is -1.60. The Morgan fingerprint density at radius 1 is 0.941 bits per heavy atom. The highest BCUT2D eigenvalue weighted by atomic mass is 14.8. The fourth-order valence-electron chi connectivity index (χ4n) is 2.27. The Labute approximate surface area is 103 Å². The Balaban J connectivity index is 2.39. The molecule has 0 radical (unpaired) electrons. The van der Waals surface area contributed by atoms with Gasteiger partial charge in [-0.2, -0.15) is 0 Å². The van der Waals surface area contributed by atoms with E-state index in [0.717, 1.165) is 6.54 Å². The number of likely N-dealkylation sites (N-methyl/N-ethyl adjacent to an activating group) is 1. The number of aryl methyl sites for hydroxylation is 1. The topological polar surface area (TPSA) is 12.0 Å². The maximum absolute atomic E-state index is 3.29. The van der Waals surface area contributed by atoms with Crippen LogP contribution in [-0.2, 0) is 0 Å². The molecule has 0 aliphatic heterocycles. The molecule has 17 heavy (non-hydrogen) atoms. The van der Waals surface area contributed by atoms with Gasteiger partial charge in [-0.3, -0.25) is 0 Å². The van der Waals surface area contributed by atoms with Gasteiger partial charge in [0, 0.05) is 12.5 Å². The van der Waals surface area contributed by atoms with Crippen molar-refractivity contribution < 1.29 is 0 Å². The van der Waals surface area contributed by atoms with E-state index in [4.69, 9.17) is 0 Å². The maximum atomic E-state index is 3.29. The highest BCUT2D eigenvalue weighted by Crippen LogP contribution is 2.26. The average molecular weight is 225 g/mol. The lowest BCUT2D eigenvalue weighted by Crippen LogP contribution is -2.18. The van der Waals surface area contributed by atoms with Crippen LogP contribution in [0.3, 0.4) is 0 Å². The largest absolute Gasteiger partial charge is 0.319 e. The molecule has 88 valence electrons. The summed E-state index contributed by atoms with van der Waals surface area (Å²) >= 11 is 0. The molecular formula is C16H19N. The SMILES string of the molecule is CNCC(c1ccccc1)c1ccccc1C. The van der Waals surface area contributed by atoms with Crippen LogP contribution < -0.4 is 5.32 Å². The van der Waals surface area contributed by atoms with Crippen LogP contribution in [0.5, 0.6) is 0 Å². The summed E-state index contributed by atoms with van der Waals surface area (Å²) in [7, 11) is 2.01. The predicted octanol–water partition coefficient (Wildman–Crippen LogP) is 3.35. The standard InChI is InChI=1S/C16H19N/c1-13-8-6-7-11-15(13)16(12-17-2)14-9-4-3-5-10-14/h3-11,16-17H,12H2,1-2H3. The van der Waals surface area contributed by atoms with E-state index >= 15 is 0 Å². The first-order valence-electron chi connectivity index (χ1n) is 6.08. The Morgan fingerprint density at radius 3 is 2.24 bits per heavy atom. The lowest BCUT2D eigenvalue weighted by atomic mass is 9.88. The van der Waals surface area contributed by atoms with Crippen molar-refractivity contribution in [1.82, 2.24) is 5.32 Å². The Kier molecular flexibility index (Phi) is 3.94. The smallest absolute Gasteiger partial charge is 0.0217 e. The summed E-state index contributed by atoms with van der Waals surface area (Å²) in [6.45, 7) is 3.15. The molecule has 0 bridgehead atoms. The number of hydrogen-bond donors (Lipinski definition) is 1. The van der Waals surface area contributed by atoms with E-state index in [1.807, 2.05) is 7.05 Å². The van der Waals surface area contributed by atoms with E-state index in [1.165, 1.54) is 16.7 Å². The van der Waals surface area contributed by atoms with Crippen LogP contribution in [-0.4, -0.2) is 13.6 Å². The van der Waals surface area contributed by atoms with Crippen LogP contribution in [0.4, 0.5) is 0 Å². The molecule has 0 aliphatic rings. The fraction of sp³-hybridized carbons (Fsp3) is 0.250. The molecular weight excluding hydrogens is 206 g/mol. The molecule has 0 aliphatic carbocycles. The van der Waals surface area contributed by atoms with Crippen LogP contribution in [0.1, 0.15) is 22.6 Å². The van der Waals surface area contributed by atoms with Crippen molar-refractivity contribution in [2.75, 3.05) is 13.6 Å². The summed E-state index contributed by atoms with van der Waals surface area (Å²) in [5, 5.41) is 3.29. The fourth-order valence-corrected chi connectivity index (χ4v) is 2.27. The summed E-state index contributed by atoms with van der Waals surface area (Å²) in [4.78, 5) is 0. The summed E-state index contributed by atoms with van der Waals surface area (Å²) in [5.41, 5.74) is 4.14. The molecule has 1 heteroatoms. The lowest BCUT2D eigenvalue weighted by Gasteiger charge is -2.19. The number of hydrogen-bond acceptors (Lipinski definition) is 1.